The minimum Gasteiger partial charge on any atom is -0.493 e. The van der Waals surface area contributed by atoms with Crippen molar-refractivity contribution in [3.8, 4) is 17.2 Å². The summed E-state index contributed by atoms with van der Waals surface area (Å²) in [6.45, 7) is 0.544. The second kappa shape index (κ2) is 7.38. The predicted octanol–water partition coefficient (Wildman–Crippen LogP) is 2.06. The summed E-state index contributed by atoms with van der Waals surface area (Å²) in [5.41, 5.74) is 1.01. The van der Waals surface area contributed by atoms with Crippen LogP contribution in [0, 0.1) is 0 Å². The lowest BCUT2D eigenvalue weighted by Gasteiger charge is -2.14. The Labute approximate surface area is 112 Å². The second-order valence-electron chi connectivity index (χ2n) is 3.99. The first-order chi connectivity index (χ1) is 8.62. The van der Waals surface area contributed by atoms with Crippen LogP contribution in [0.5, 0.6) is 17.2 Å². The maximum atomic E-state index is 5.61. The van der Waals surface area contributed by atoms with Crippen LogP contribution in [0.25, 0.3) is 0 Å². The SMILES string of the molecule is COc1cc(COC[S+](C)C)cc(OC)c1OC. The molecule has 0 spiro atoms. The number of hydrogen-bond donors (Lipinski definition) is 0. The molecule has 0 heterocycles. The van der Waals surface area contributed by atoms with Crippen molar-refractivity contribution in [1.29, 1.82) is 0 Å². The maximum Gasteiger partial charge on any atom is 0.207 e. The monoisotopic (exact) mass is 273 g/mol. The Kier molecular flexibility index (Phi) is 6.15. The Morgan fingerprint density at radius 3 is 1.89 bits per heavy atom. The fraction of sp³-hybridized carbons (Fsp3) is 0.538. The molecule has 1 aromatic carbocycles. The van der Waals surface area contributed by atoms with Gasteiger partial charge in [-0.1, -0.05) is 0 Å². The number of rotatable bonds is 7. The van der Waals surface area contributed by atoms with Gasteiger partial charge in [-0.15, -0.1) is 0 Å². The van der Waals surface area contributed by atoms with E-state index < -0.39 is 0 Å². The van der Waals surface area contributed by atoms with Crippen molar-refractivity contribution in [1.82, 2.24) is 0 Å². The van der Waals surface area contributed by atoms with E-state index in [-0.39, 0.29) is 10.9 Å². The van der Waals surface area contributed by atoms with Gasteiger partial charge in [0.05, 0.1) is 40.4 Å². The standard InChI is InChI=1S/C13H21O4S/c1-14-11-6-10(8-17-9-18(4)5)7-12(15-2)13(11)16-3/h6-7H,8-9H2,1-5H3/q+1. The lowest BCUT2D eigenvalue weighted by atomic mass is 10.2. The van der Waals surface area contributed by atoms with Crippen LogP contribution in [0.4, 0.5) is 0 Å². The van der Waals surface area contributed by atoms with Crippen LogP contribution < -0.4 is 14.2 Å². The average Bonchev–Trinajstić information content (AvgIpc) is 2.36. The van der Waals surface area contributed by atoms with Gasteiger partial charge in [0.15, 0.2) is 11.5 Å². The van der Waals surface area contributed by atoms with Gasteiger partial charge in [-0.3, -0.25) is 0 Å². The third kappa shape index (κ3) is 3.99. The third-order valence-electron chi connectivity index (χ3n) is 2.31. The topological polar surface area (TPSA) is 36.9 Å². The molecule has 102 valence electrons. The molecule has 0 saturated carbocycles. The first kappa shape index (κ1) is 15.0. The average molecular weight is 273 g/mol. The maximum absolute atomic E-state index is 5.61. The summed E-state index contributed by atoms with van der Waals surface area (Å²) in [5, 5.41) is 0. The molecule has 0 unspecified atom stereocenters. The van der Waals surface area contributed by atoms with E-state index in [0.29, 0.717) is 23.9 Å². The summed E-state index contributed by atoms with van der Waals surface area (Å²) in [4.78, 5) is 0. The molecule has 0 saturated heterocycles. The molecule has 18 heavy (non-hydrogen) atoms. The highest BCUT2D eigenvalue weighted by atomic mass is 32.2. The van der Waals surface area contributed by atoms with E-state index in [2.05, 4.69) is 12.5 Å². The van der Waals surface area contributed by atoms with Crippen molar-refractivity contribution in [3.05, 3.63) is 17.7 Å². The van der Waals surface area contributed by atoms with Crippen LogP contribution in [0.1, 0.15) is 5.56 Å². The lowest BCUT2D eigenvalue weighted by Crippen LogP contribution is -2.06. The van der Waals surface area contributed by atoms with Gasteiger partial charge in [-0.25, -0.2) is 0 Å². The zero-order valence-electron chi connectivity index (χ0n) is 11.6. The third-order valence-corrected chi connectivity index (χ3v) is 2.95. The van der Waals surface area contributed by atoms with Gasteiger partial charge >= 0.3 is 0 Å². The number of ether oxygens (including phenoxy) is 4. The summed E-state index contributed by atoms with van der Waals surface area (Å²) >= 11 is 0. The van der Waals surface area contributed by atoms with Gasteiger partial charge in [0.25, 0.3) is 0 Å². The molecule has 0 aliphatic rings. The van der Waals surface area contributed by atoms with Gasteiger partial charge in [0.2, 0.25) is 11.7 Å². The Balaban J connectivity index is 2.86. The van der Waals surface area contributed by atoms with Crippen LogP contribution >= 0.6 is 0 Å². The molecule has 4 nitrogen and oxygen atoms in total. The molecule has 0 radical (unpaired) electrons. The molecule has 1 aromatic rings. The van der Waals surface area contributed by atoms with Crippen LogP contribution in [0.15, 0.2) is 12.1 Å². The van der Waals surface area contributed by atoms with Gasteiger partial charge < -0.3 is 18.9 Å². The van der Waals surface area contributed by atoms with Gasteiger partial charge in [-0.2, -0.15) is 0 Å². The van der Waals surface area contributed by atoms with E-state index in [1.165, 1.54) is 0 Å². The summed E-state index contributed by atoms with van der Waals surface area (Å²) in [6, 6.07) is 3.82. The fourth-order valence-electron chi connectivity index (χ4n) is 1.54. The quantitative estimate of drug-likeness (QED) is 0.713. The zero-order chi connectivity index (χ0) is 13.5. The normalized spacial score (nSPS) is 10.6. The highest BCUT2D eigenvalue weighted by molar-refractivity contribution is 7.95. The van der Waals surface area contributed by atoms with Crippen LogP contribution in [-0.4, -0.2) is 39.8 Å². The van der Waals surface area contributed by atoms with Gasteiger partial charge in [-0.05, 0) is 17.7 Å². The van der Waals surface area contributed by atoms with Crippen molar-refractivity contribution >= 4 is 10.9 Å². The fourth-order valence-corrected chi connectivity index (χ4v) is 1.96. The van der Waals surface area contributed by atoms with Crippen LogP contribution in [0.3, 0.4) is 0 Å². The highest BCUT2D eigenvalue weighted by Gasteiger charge is 2.13. The smallest absolute Gasteiger partial charge is 0.207 e. The highest BCUT2D eigenvalue weighted by Crippen LogP contribution is 2.38. The summed E-state index contributed by atoms with van der Waals surface area (Å²) < 4.78 is 21.5. The Morgan fingerprint density at radius 2 is 1.50 bits per heavy atom. The predicted molar refractivity (Wildman–Crippen MR) is 75.0 cm³/mol. The van der Waals surface area contributed by atoms with E-state index in [4.69, 9.17) is 18.9 Å². The Hall–Kier alpha value is -1.07. The Morgan fingerprint density at radius 1 is 0.944 bits per heavy atom. The van der Waals surface area contributed by atoms with E-state index in [1.54, 1.807) is 21.3 Å². The summed E-state index contributed by atoms with van der Waals surface area (Å²) in [6.07, 6.45) is 4.30. The number of methoxy groups -OCH3 is 3. The second-order valence-corrected chi connectivity index (χ2v) is 6.19. The molecular weight excluding hydrogens is 252 g/mol. The molecular formula is C13H21O4S+. The van der Waals surface area contributed by atoms with E-state index in [1.807, 2.05) is 12.1 Å². The van der Waals surface area contributed by atoms with Gasteiger partial charge in [0.1, 0.15) is 0 Å². The first-order valence-corrected chi connectivity index (χ1v) is 7.74. The van der Waals surface area contributed by atoms with Crippen molar-refractivity contribution in [2.45, 2.75) is 6.61 Å². The van der Waals surface area contributed by atoms with Crippen LogP contribution in [-0.2, 0) is 22.2 Å². The van der Waals surface area contributed by atoms with Crippen molar-refractivity contribution in [2.24, 2.45) is 0 Å². The number of hydrogen-bond acceptors (Lipinski definition) is 4. The summed E-state index contributed by atoms with van der Waals surface area (Å²) in [5.74, 6) is 2.68. The molecule has 5 heteroatoms. The molecule has 0 fully saturated rings. The van der Waals surface area contributed by atoms with E-state index >= 15 is 0 Å². The molecule has 0 bridgehead atoms. The molecule has 1 rings (SSSR count). The van der Waals surface area contributed by atoms with Crippen LogP contribution in [0.2, 0.25) is 0 Å². The minimum atomic E-state index is 0.281. The van der Waals surface area contributed by atoms with Crippen molar-refractivity contribution in [3.63, 3.8) is 0 Å². The van der Waals surface area contributed by atoms with Crippen molar-refractivity contribution in [2.75, 3.05) is 39.8 Å². The molecule has 0 aliphatic carbocycles. The van der Waals surface area contributed by atoms with Crippen molar-refractivity contribution < 1.29 is 18.9 Å². The molecule has 0 aliphatic heterocycles. The minimum absolute atomic E-state index is 0.281. The summed E-state index contributed by atoms with van der Waals surface area (Å²) in [7, 11) is 5.09. The van der Waals surface area contributed by atoms with Gasteiger partial charge in [0, 0.05) is 10.9 Å². The van der Waals surface area contributed by atoms with E-state index in [9.17, 15) is 0 Å². The molecule has 0 aromatic heterocycles. The largest absolute Gasteiger partial charge is 0.493 e. The molecule has 0 amide bonds. The Bertz CT molecular complexity index is 354. The first-order valence-electron chi connectivity index (χ1n) is 5.53. The van der Waals surface area contributed by atoms with E-state index in [0.717, 1.165) is 11.5 Å². The lowest BCUT2D eigenvalue weighted by molar-refractivity contribution is 0.167. The molecule has 0 atom stereocenters. The molecule has 0 N–H and O–H groups in total. The zero-order valence-corrected chi connectivity index (χ0v) is 12.4. The number of benzene rings is 1.